The average molecular weight is 378 g/mol. The van der Waals surface area contributed by atoms with Crippen molar-refractivity contribution in [2.24, 2.45) is 0 Å². The lowest BCUT2D eigenvalue weighted by molar-refractivity contribution is -0.128. The summed E-state index contributed by atoms with van der Waals surface area (Å²) in [6.45, 7) is 1.64. The molecule has 142 valence electrons. The number of rotatable bonds is 5. The maximum atomic E-state index is 12.4. The largest absolute Gasteiger partial charge is 0.479 e. The number of nitrogens with one attached hydrogen (secondary N) is 1. The summed E-state index contributed by atoms with van der Waals surface area (Å²) in [6.07, 6.45) is -0.645. The van der Waals surface area contributed by atoms with E-state index in [1.807, 2.05) is 36.4 Å². The molecule has 2 heterocycles. The van der Waals surface area contributed by atoms with E-state index in [4.69, 9.17) is 9.26 Å². The first-order valence-corrected chi connectivity index (χ1v) is 8.83. The van der Waals surface area contributed by atoms with Crippen LogP contribution in [-0.4, -0.2) is 34.6 Å². The van der Waals surface area contributed by atoms with Crippen LogP contribution in [0.4, 0.5) is 5.69 Å². The topological polar surface area (TPSA) is 97.6 Å². The Morgan fingerprint density at radius 2 is 1.89 bits per heavy atom. The van der Waals surface area contributed by atoms with E-state index in [2.05, 4.69) is 15.5 Å². The molecule has 0 fully saturated rings. The van der Waals surface area contributed by atoms with Crippen molar-refractivity contribution in [3.05, 3.63) is 60.4 Å². The van der Waals surface area contributed by atoms with Gasteiger partial charge in [-0.25, -0.2) is 0 Å². The van der Waals surface area contributed by atoms with Gasteiger partial charge in [-0.2, -0.15) is 4.98 Å². The van der Waals surface area contributed by atoms with E-state index in [0.29, 0.717) is 23.2 Å². The highest BCUT2D eigenvalue weighted by atomic mass is 16.5. The smallest absolute Gasteiger partial charge is 0.268 e. The molecule has 1 aromatic heterocycles. The number of anilines is 1. The Balaban J connectivity index is 1.40. The average Bonchev–Trinajstić information content (AvgIpc) is 3.20. The summed E-state index contributed by atoms with van der Waals surface area (Å²) in [6, 6.07) is 16.5. The second-order valence-electron chi connectivity index (χ2n) is 6.31. The molecule has 0 aliphatic carbocycles. The second-order valence-corrected chi connectivity index (χ2v) is 6.31. The van der Waals surface area contributed by atoms with Crippen molar-refractivity contribution in [2.45, 2.75) is 19.6 Å². The van der Waals surface area contributed by atoms with Crippen molar-refractivity contribution in [1.29, 1.82) is 0 Å². The highest BCUT2D eigenvalue weighted by Gasteiger charge is 2.32. The third-order valence-electron chi connectivity index (χ3n) is 4.31. The zero-order valence-electron chi connectivity index (χ0n) is 15.2. The van der Waals surface area contributed by atoms with Crippen LogP contribution in [0.2, 0.25) is 0 Å². The zero-order valence-corrected chi connectivity index (χ0v) is 15.2. The van der Waals surface area contributed by atoms with Gasteiger partial charge in [-0.15, -0.1) is 0 Å². The SMILES string of the molecule is C[C@H]1Oc2ccccc2N(CC(=O)NCc2noc(-c3ccccc3)n2)C1=O. The molecule has 0 spiro atoms. The number of para-hydroxylation sites is 2. The number of aromatic nitrogens is 2. The normalized spacial score (nSPS) is 15.7. The van der Waals surface area contributed by atoms with E-state index in [1.165, 1.54) is 4.90 Å². The molecule has 8 nitrogen and oxygen atoms in total. The summed E-state index contributed by atoms with van der Waals surface area (Å²) in [4.78, 5) is 30.5. The highest BCUT2D eigenvalue weighted by Crippen LogP contribution is 2.33. The Morgan fingerprint density at radius 3 is 2.71 bits per heavy atom. The second kappa shape index (κ2) is 7.51. The molecule has 0 unspecified atom stereocenters. The number of hydrogen-bond donors (Lipinski definition) is 1. The first-order valence-electron chi connectivity index (χ1n) is 8.83. The van der Waals surface area contributed by atoms with E-state index in [1.54, 1.807) is 25.1 Å². The van der Waals surface area contributed by atoms with E-state index >= 15 is 0 Å². The fourth-order valence-electron chi connectivity index (χ4n) is 2.92. The van der Waals surface area contributed by atoms with Gasteiger partial charge >= 0.3 is 0 Å². The summed E-state index contributed by atoms with van der Waals surface area (Å²) in [5.41, 5.74) is 1.38. The summed E-state index contributed by atoms with van der Waals surface area (Å²) in [5.74, 6) is 0.724. The van der Waals surface area contributed by atoms with Crippen LogP contribution >= 0.6 is 0 Å². The number of nitrogens with zero attached hydrogens (tertiary/aromatic N) is 3. The van der Waals surface area contributed by atoms with Gasteiger partial charge in [0.1, 0.15) is 12.3 Å². The maximum absolute atomic E-state index is 12.4. The summed E-state index contributed by atoms with van der Waals surface area (Å²) < 4.78 is 10.8. The number of carbonyl (C=O) groups is 2. The molecule has 1 aliphatic heterocycles. The number of benzene rings is 2. The van der Waals surface area contributed by atoms with Crippen LogP contribution in [0.25, 0.3) is 11.5 Å². The lowest BCUT2D eigenvalue weighted by atomic mass is 10.2. The molecule has 0 saturated heterocycles. The molecule has 3 aromatic rings. The third-order valence-corrected chi connectivity index (χ3v) is 4.31. The predicted octanol–water partition coefficient (Wildman–Crippen LogP) is 2.17. The zero-order chi connectivity index (χ0) is 19.5. The standard InChI is InChI=1S/C20H18N4O4/c1-13-20(26)24(15-9-5-6-10-16(15)27-13)12-18(25)21-11-17-22-19(28-23-17)14-7-3-2-4-8-14/h2-10,13H,11-12H2,1H3,(H,21,25)/t13-/m1/s1. The van der Waals surface area contributed by atoms with Gasteiger partial charge < -0.3 is 14.6 Å². The number of carbonyl (C=O) groups excluding carboxylic acids is 2. The van der Waals surface area contributed by atoms with E-state index in [0.717, 1.165) is 5.56 Å². The Labute approximate surface area is 161 Å². The number of fused-ring (bicyclic) bond motifs is 1. The summed E-state index contributed by atoms with van der Waals surface area (Å²) in [5, 5.41) is 6.59. The lowest BCUT2D eigenvalue weighted by Crippen LogP contribution is -2.48. The Morgan fingerprint density at radius 1 is 1.14 bits per heavy atom. The third kappa shape index (κ3) is 3.57. The van der Waals surface area contributed by atoms with Crippen LogP contribution in [-0.2, 0) is 16.1 Å². The fourth-order valence-corrected chi connectivity index (χ4v) is 2.92. The van der Waals surface area contributed by atoms with Crippen LogP contribution in [0, 0.1) is 0 Å². The molecular weight excluding hydrogens is 360 g/mol. The van der Waals surface area contributed by atoms with Crippen LogP contribution in [0.1, 0.15) is 12.7 Å². The van der Waals surface area contributed by atoms with E-state index < -0.39 is 6.10 Å². The quantitative estimate of drug-likeness (QED) is 0.731. The van der Waals surface area contributed by atoms with Crippen molar-refractivity contribution in [1.82, 2.24) is 15.5 Å². The number of amides is 2. The number of ether oxygens (including phenoxy) is 1. The van der Waals surface area contributed by atoms with Gasteiger partial charge in [0.05, 0.1) is 12.2 Å². The van der Waals surface area contributed by atoms with Crippen LogP contribution < -0.4 is 15.0 Å². The summed E-state index contributed by atoms with van der Waals surface area (Å²) in [7, 11) is 0. The fraction of sp³-hybridized carbons (Fsp3) is 0.200. The monoisotopic (exact) mass is 378 g/mol. The summed E-state index contributed by atoms with van der Waals surface area (Å²) >= 11 is 0. The van der Waals surface area contributed by atoms with Gasteiger partial charge in [-0.1, -0.05) is 35.5 Å². The molecule has 0 saturated carbocycles. The minimum Gasteiger partial charge on any atom is -0.479 e. The van der Waals surface area contributed by atoms with Crippen molar-refractivity contribution >= 4 is 17.5 Å². The van der Waals surface area contributed by atoms with E-state index in [-0.39, 0.29) is 24.9 Å². The van der Waals surface area contributed by atoms with Crippen molar-refractivity contribution < 1.29 is 18.8 Å². The van der Waals surface area contributed by atoms with Gasteiger partial charge in [0, 0.05) is 5.56 Å². The molecule has 1 atom stereocenters. The lowest BCUT2D eigenvalue weighted by Gasteiger charge is -2.32. The van der Waals surface area contributed by atoms with Crippen LogP contribution in [0.3, 0.4) is 0 Å². The first kappa shape index (κ1) is 17.7. The molecular formula is C20H18N4O4. The number of hydrogen-bond acceptors (Lipinski definition) is 6. The van der Waals surface area contributed by atoms with Gasteiger partial charge in [-0.3, -0.25) is 14.5 Å². The van der Waals surface area contributed by atoms with Gasteiger partial charge in [-0.05, 0) is 31.2 Å². The van der Waals surface area contributed by atoms with E-state index in [9.17, 15) is 9.59 Å². The maximum Gasteiger partial charge on any atom is 0.268 e. The minimum absolute atomic E-state index is 0.102. The minimum atomic E-state index is -0.645. The highest BCUT2D eigenvalue weighted by molar-refractivity contribution is 6.03. The van der Waals surface area contributed by atoms with Gasteiger partial charge in [0.2, 0.25) is 5.91 Å². The van der Waals surface area contributed by atoms with Crippen LogP contribution in [0.15, 0.2) is 59.1 Å². The van der Waals surface area contributed by atoms with Gasteiger partial charge in [0.15, 0.2) is 11.9 Å². The molecule has 8 heteroatoms. The molecule has 2 amide bonds. The molecule has 2 aromatic carbocycles. The molecule has 0 radical (unpaired) electrons. The first-order chi connectivity index (χ1) is 13.6. The van der Waals surface area contributed by atoms with Crippen molar-refractivity contribution in [3.63, 3.8) is 0 Å². The predicted molar refractivity (Wildman–Crippen MR) is 100 cm³/mol. The Bertz CT molecular complexity index is 1000. The Hall–Kier alpha value is -3.68. The van der Waals surface area contributed by atoms with Crippen molar-refractivity contribution in [2.75, 3.05) is 11.4 Å². The molecule has 4 rings (SSSR count). The van der Waals surface area contributed by atoms with Crippen LogP contribution in [0.5, 0.6) is 5.75 Å². The van der Waals surface area contributed by atoms with Crippen molar-refractivity contribution in [3.8, 4) is 17.2 Å². The molecule has 1 N–H and O–H groups in total. The molecule has 0 bridgehead atoms. The molecule has 28 heavy (non-hydrogen) atoms. The molecule has 1 aliphatic rings. The van der Waals surface area contributed by atoms with Gasteiger partial charge in [0.25, 0.3) is 11.8 Å². The Kier molecular flexibility index (Phi) is 4.76.